The van der Waals surface area contributed by atoms with Gasteiger partial charge in [0.2, 0.25) is 0 Å². The SMILES string of the molecule is CCCCN(C)C(=O)c1ccc(N2CCC(N3CCNC3=O)CC2c2ccc(Cl)c(Cl)c2)cc1. The Morgan fingerprint density at radius 2 is 1.85 bits per heavy atom. The van der Waals surface area contributed by atoms with Gasteiger partial charge in [-0.1, -0.05) is 42.6 Å². The molecule has 2 atom stereocenters. The van der Waals surface area contributed by atoms with Crippen molar-refractivity contribution in [3.63, 3.8) is 0 Å². The number of amides is 3. The highest BCUT2D eigenvalue weighted by atomic mass is 35.5. The molecule has 2 aromatic carbocycles. The summed E-state index contributed by atoms with van der Waals surface area (Å²) in [7, 11) is 1.85. The predicted molar refractivity (Wildman–Crippen MR) is 138 cm³/mol. The summed E-state index contributed by atoms with van der Waals surface area (Å²) in [5, 5.41) is 3.97. The van der Waals surface area contributed by atoms with Gasteiger partial charge >= 0.3 is 6.03 Å². The van der Waals surface area contributed by atoms with E-state index in [2.05, 4.69) is 17.1 Å². The van der Waals surface area contributed by atoms with Crippen LogP contribution < -0.4 is 10.2 Å². The Bertz CT molecular complexity index is 1030. The summed E-state index contributed by atoms with van der Waals surface area (Å²) in [6, 6.07) is 13.8. The molecular formula is C26H32Cl2N4O2. The third-order valence-electron chi connectivity index (χ3n) is 6.87. The van der Waals surface area contributed by atoms with Crippen LogP contribution in [-0.4, -0.2) is 61.0 Å². The molecule has 0 radical (unpaired) electrons. The first-order valence-corrected chi connectivity index (χ1v) is 12.8. The smallest absolute Gasteiger partial charge is 0.317 e. The molecule has 4 rings (SSSR count). The Hall–Kier alpha value is -2.44. The van der Waals surface area contributed by atoms with Gasteiger partial charge in [-0.05, 0) is 61.2 Å². The molecule has 0 saturated carbocycles. The lowest BCUT2D eigenvalue weighted by molar-refractivity contribution is 0.0793. The number of piperidine rings is 1. The maximum absolute atomic E-state index is 12.8. The first-order chi connectivity index (χ1) is 16.4. The monoisotopic (exact) mass is 502 g/mol. The Labute approximate surface area is 211 Å². The van der Waals surface area contributed by atoms with Crippen molar-refractivity contribution in [3.05, 3.63) is 63.6 Å². The van der Waals surface area contributed by atoms with Crippen molar-refractivity contribution in [1.29, 1.82) is 0 Å². The predicted octanol–water partition coefficient (Wildman–Crippen LogP) is 5.60. The summed E-state index contributed by atoms with van der Waals surface area (Å²) in [5.41, 5.74) is 2.81. The Morgan fingerprint density at radius 1 is 1.09 bits per heavy atom. The van der Waals surface area contributed by atoms with E-state index < -0.39 is 0 Å². The van der Waals surface area contributed by atoms with Crippen molar-refractivity contribution in [2.45, 2.75) is 44.7 Å². The summed E-state index contributed by atoms with van der Waals surface area (Å²) in [6.07, 6.45) is 3.73. The van der Waals surface area contributed by atoms with E-state index in [9.17, 15) is 9.59 Å². The number of carbonyl (C=O) groups is 2. The summed E-state index contributed by atoms with van der Waals surface area (Å²) in [4.78, 5) is 31.2. The number of hydrogen-bond acceptors (Lipinski definition) is 3. The molecule has 2 aliphatic rings. The van der Waals surface area contributed by atoms with Crippen LogP contribution in [0.2, 0.25) is 10.0 Å². The first kappa shape index (κ1) is 24.7. The highest BCUT2D eigenvalue weighted by molar-refractivity contribution is 6.42. The quantitative estimate of drug-likeness (QED) is 0.535. The van der Waals surface area contributed by atoms with E-state index in [-0.39, 0.29) is 24.0 Å². The van der Waals surface area contributed by atoms with Gasteiger partial charge in [0.1, 0.15) is 0 Å². The third kappa shape index (κ3) is 5.28. The van der Waals surface area contributed by atoms with Gasteiger partial charge < -0.3 is 20.0 Å². The Balaban J connectivity index is 1.58. The fraction of sp³-hybridized carbons (Fsp3) is 0.462. The second-order valence-corrected chi connectivity index (χ2v) is 9.93. The van der Waals surface area contributed by atoms with E-state index >= 15 is 0 Å². The van der Waals surface area contributed by atoms with Crippen molar-refractivity contribution in [1.82, 2.24) is 15.1 Å². The maximum Gasteiger partial charge on any atom is 0.317 e. The van der Waals surface area contributed by atoms with Crippen LogP contribution >= 0.6 is 23.2 Å². The van der Waals surface area contributed by atoms with Crippen LogP contribution in [0.1, 0.15) is 54.6 Å². The molecule has 2 aromatic rings. The lowest BCUT2D eigenvalue weighted by Gasteiger charge is -2.43. The lowest BCUT2D eigenvalue weighted by Crippen LogP contribution is -2.47. The second kappa shape index (κ2) is 10.9. The number of unbranched alkanes of at least 4 members (excludes halogenated alkanes) is 1. The van der Waals surface area contributed by atoms with E-state index in [1.165, 1.54) is 0 Å². The third-order valence-corrected chi connectivity index (χ3v) is 7.61. The van der Waals surface area contributed by atoms with Crippen molar-refractivity contribution >= 4 is 40.8 Å². The molecule has 2 fully saturated rings. The van der Waals surface area contributed by atoms with Gasteiger partial charge in [-0.3, -0.25) is 4.79 Å². The molecule has 0 spiro atoms. The van der Waals surface area contributed by atoms with Crippen LogP contribution in [0.4, 0.5) is 10.5 Å². The van der Waals surface area contributed by atoms with Crippen LogP contribution in [-0.2, 0) is 0 Å². The molecule has 182 valence electrons. The molecule has 6 nitrogen and oxygen atoms in total. The molecule has 2 unspecified atom stereocenters. The molecule has 2 aliphatic heterocycles. The summed E-state index contributed by atoms with van der Waals surface area (Å²) < 4.78 is 0. The zero-order valence-electron chi connectivity index (χ0n) is 19.8. The molecule has 1 N–H and O–H groups in total. The standard InChI is InChI=1S/C26H32Cl2N4O2/c1-3-4-13-30(2)25(33)18-5-8-20(9-6-18)31-14-11-21(32-15-12-29-26(32)34)17-24(31)19-7-10-22(27)23(28)16-19/h5-10,16,21,24H,3-4,11-15,17H2,1-2H3,(H,29,34). The molecular weight excluding hydrogens is 471 g/mol. The fourth-order valence-corrected chi connectivity index (χ4v) is 5.23. The molecule has 34 heavy (non-hydrogen) atoms. The van der Waals surface area contributed by atoms with Crippen LogP contribution in [0.15, 0.2) is 42.5 Å². The molecule has 2 saturated heterocycles. The van der Waals surface area contributed by atoms with Gasteiger partial charge in [-0.15, -0.1) is 0 Å². The minimum atomic E-state index is 0.0152. The van der Waals surface area contributed by atoms with Crippen molar-refractivity contribution in [3.8, 4) is 0 Å². The van der Waals surface area contributed by atoms with Crippen LogP contribution in [0.3, 0.4) is 0 Å². The van der Waals surface area contributed by atoms with Gasteiger partial charge in [0.25, 0.3) is 5.91 Å². The number of nitrogens with zero attached hydrogens (tertiary/aromatic N) is 3. The van der Waals surface area contributed by atoms with Gasteiger partial charge in [-0.25, -0.2) is 4.79 Å². The largest absolute Gasteiger partial charge is 0.364 e. The second-order valence-electron chi connectivity index (χ2n) is 9.11. The summed E-state index contributed by atoms with van der Waals surface area (Å²) in [6.45, 7) is 5.10. The molecule has 0 bridgehead atoms. The maximum atomic E-state index is 12.8. The normalized spacial score (nSPS) is 20.4. The number of urea groups is 1. The average Bonchev–Trinajstić information content (AvgIpc) is 3.29. The molecule has 8 heteroatoms. The fourth-order valence-electron chi connectivity index (χ4n) is 4.92. The zero-order chi connectivity index (χ0) is 24.2. The minimum absolute atomic E-state index is 0.0152. The Kier molecular flexibility index (Phi) is 7.89. The van der Waals surface area contributed by atoms with Crippen molar-refractivity contribution in [2.24, 2.45) is 0 Å². The van der Waals surface area contributed by atoms with Crippen molar-refractivity contribution in [2.75, 3.05) is 38.1 Å². The van der Waals surface area contributed by atoms with Crippen LogP contribution in [0.25, 0.3) is 0 Å². The number of nitrogens with one attached hydrogen (secondary N) is 1. The molecule has 3 amide bonds. The van der Waals surface area contributed by atoms with E-state index in [1.54, 1.807) is 4.90 Å². The highest BCUT2D eigenvalue weighted by Gasteiger charge is 2.36. The van der Waals surface area contributed by atoms with E-state index in [0.717, 1.165) is 56.6 Å². The van der Waals surface area contributed by atoms with Crippen LogP contribution in [0.5, 0.6) is 0 Å². The average molecular weight is 503 g/mol. The number of rotatable bonds is 7. The first-order valence-electron chi connectivity index (χ1n) is 12.0. The number of halogens is 2. The van der Waals surface area contributed by atoms with E-state index in [4.69, 9.17) is 23.2 Å². The van der Waals surface area contributed by atoms with Crippen molar-refractivity contribution < 1.29 is 9.59 Å². The van der Waals surface area contributed by atoms with E-state index in [0.29, 0.717) is 22.2 Å². The lowest BCUT2D eigenvalue weighted by atomic mass is 9.90. The van der Waals surface area contributed by atoms with E-state index in [1.807, 2.05) is 54.4 Å². The van der Waals surface area contributed by atoms with Gasteiger partial charge in [-0.2, -0.15) is 0 Å². The zero-order valence-corrected chi connectivity index (χ0v) is 21.3. The highest BCUT2D eigenvalue weighted by Crippen LogP contribution is 2.39. The van der Waals surface area contributed by atoms with Gasteiger partial charge in [0, 0.05) is 50.5 Å². The number of anilines is 1. The number of hydrogen-bond donors (Lipinski definition) is 1. The summed E-state index contributed by atoms with van der Waals surface area (Å²) in [5.74, 6) is 0.0415. The number of carbonyl (C=O) groups excluding carboxylic acids is 2. The van der Waals surface area contributed by atoms with Gasteiger partial charge in [0.05, 0.1) is 16.1 Å². The Morgan fingerprint density at radius 3 is 2.50 bits per heavy atom. The van der Waals surface area contributed by atoms with Crippen LogP contribution in [0, 0.1) is 0 Å². The topological polar surface area (TPSA) is 55.9 Å². The minimum Gasteiger partial charge on any atom is -0.364 e. The molecule has 2 heterocycles. The van der Waals surface area contributed by atoms with Gasteiger partial charge in [0.15, 0.2) is 0 Å². The molecule has 0 aromatic heterocycles. The number of benzene rings is 2. The molecule has 0 aliphatic carbocycles. The summed E-state index contributed by atoms with van der Waals surface area (Å²) >= 11 is 12.6.